The Morgan fingerprint density at radius 3 is 1.45 bits per heavy atom. The Morgan fingerprint density at radius 1 is 0.521 bits per heavy atom. The first-order chi connectivity index (χ1) is 33.9. The predicted molar refractivity (Wildman–Crippen MR) is 271 cm³/mol. The van der Waals surface area contributed by atoms with Crippen LogP contribution in [-0.2, 0) is 41.6 Å². The third-order valence-corrected chi connectivity index (χ3v) is 11.5. The lowest BCUT2D eigenvalue weighted by Gasteiger charge is -2.29. The molecular formula is C49H72N14O8. The number of nitrogens with two attached hydrogens (primary N) is 6. The summed E-state index contributed by atoms with van der Waals surface area (Å²) >= 11 is 0. The van der Waals surface area contributed by atoms with Gasteiger partial charge in [-0.25, -0.2) is 0 Å². The molecule has 71 heavy (non-hydrogen) atoms. The lowest BCUT2D eigenvalue weighted by atomic mass is 9.96. The van der Waals surface area contributed by atoms with Crippen LogP contribution in [0.3, 0.4) is 0 Å². The second-order valence-corrected chi connectivity index (χ2v) is 17.2. The van der Waals surface area contributed by atoms with Crippen LogP contribution in [0.4, 0.5) is 0 Å². The van der Waals surface area contributed by atoms with Crippen LogP contribution in [0.2, 0.25) is 0 Å². The Balaban J connectivity index is 2.01. The number of carbonyl (C=O) groups excluding carboxylic acids is 7. The molecule has 0 aromatic heterocycles. The van der Waals surface area contributed by atoms with E-state index in [4.69, 9.17) is 34.4 Å². The summed E-state index contributed by atoms with van der Waals surface area (Å²) in [6.45, 7) is 4.17. The molecule has 19 N–H and O–H groups in total. The molecule has 0 aliphatic heterocycles. The van der Waals surface area contributed by atoms with E-state index >= 15 is 0 Å². The number of guanidine groups is 2. The number of aromatic hydroxyl groups is 1. The summed E-state index contributed by atoms with van der Waals surface area (Å²) in [7, 11) is 0. The Hall–Kier alpha value is -7.75. The van der Waals surface area contributed by atoms with Crippen LogP contribution >= 0.6 is 0 Å². The molecule has 3 aromatic carbocycles. The zero-order valence-corrected chi connectivity index (χ0v) is 40.5. The predicted octanol–water partition coefficient (Wildman–Crippen LogP) is -0.832. The van der Waals surface area contributed by atoms with Crippen molar-refractivity contribution >= 4 is 53.3 Å². The summed E-state index contributed by atoms with van der Waals surface area (Å²) in [5, 5.41) is 26.5. The normalized spacial score (nSPS) is 13.8. The first-order valence-electron chi connectivity index (χ1n) is 23.7. The Morgan fingerprint density at radius 2 is 0.958 bits per heavy atom. The van der Waals surface area contributed by atoms with Crippen LogP contribution < -0.4 is 66.3 Å². The molecule has 0 fully saturated rings. The van der Waals surface area contributed by atoms with Gasteiger partial charge in [-0.15, -0.1) is 0 Å². The molecule has 7 unspecified atom stereocenters. The van der Waals surface area contributed by atoms with E-state index in [0.717, 1.165) is 0 Å². The molecule has 3 rings (SSSR count). The number of unbranched alkanes of at least 4 members (excludes halogenated alkanes) is 1. The minimum Gasteiger partial charge on any atom is -0.508 e. The van der Waals surface area contributed by atoms with E-state index in [1.165, 1.54) is 12.1 Å². The molecule has 3 aromatic rings. The molecule has 0 saturated carbocycles. The van der Waals surface area contributed by atoms with Gasteiger partial charge in [0.05, 0.1) is 0 Å². The molecule has 0 spiro atoms. The highest BCUT2D eigenvalue weighted by Crippen LogP contribution is 2.15. The maximum absolute atomic E-state index is 14.6. The van der Waals surface area contributed by atoms with Gasteiger partial charge in [0, 0.05) is 31.5 Å². The quantitative estimate of drug-likeness (QED) is 0.0213. The molecular weight excluding hydrogens is 913 g/mol. The molecule has 0 saturated heterocycles. The number of amides is 7. The fourth-order valence-electron chi connectivity index (χ4n) is 7.32. The van der Waals surface area contributed by atoms with Crippen molar-refractivity contribution < 1.29 is 38.7 Å². The average Bonchev–Trinajstić information content (AvgIpc) is 3.34. The van der Waals surface area contributed by atoms with E-state index in [1.54, 1.807) is 79.7 Å². The molecule has 7 atom stereocenters. The van der Waals surface area contributed by atoms with Crippen molar-refractivity contribution in [2.45, 2.75) is 114 Å². The number of nitrogens with zero attached hydrogens (tertiary/aromatic N) is 2. The monoisotopic (exact) mass is 985 g/mol. The molecule has 0 radical (unpaired) electrons. The average molecular weight is 985 g/mol. The van der Waals surface area contributed by atoms with E-state index in [1.807, 2.05) is 6.92 Å². The van der Waals surface area contributed by atoms with Crippen LogP contribution in [0, 0.1) is 5.92 Å². The van der Waals surface area contributed by atoms with Gasteiger partial charge >= 0.3 is 0 Å². The molecule has 7 amide bonds. The maximum atomic E-state index is 14.6. The summed E-state index contributed by atoms with van der Waals surface area (Å²) in [4.78, 5) is 105. The summed E-state index contributed by atoms with van der Waals surface area (Å²) in [6.07, 6.45) is 2.12. The van der Waals surface area contributed by atoms with Crippen molar-refractivity contribution in [1.82, 2.24) is 31.9 Å². The Labute approximate surface area is 414 Å². The molecule has 386 valence electrons. The lowest BCUT2D eigenvalue weighted by molar-refractivity contribution is -0.135. The number of carbonyl (C=O) groups is 7. The van der Waals surface area contributed by atoms with Crippen LogP contribution in [-0.4, -0.2) is 114 Å². The number of phenolic OH excluding ortho intramolecular Hbond substituents is 1. The van der Waals surface area contributed by atoms with Gasteiger partial charge in [0.15, 0.2) is 11.9 Å². The zero-order chi connectivity index (χ0) is 52.3. The molecule has 0 aliphatic carbocycles. The smallest absolute Gasteiger partial charge is 0.251 e. The summed E-state index contributed by atoms with van der Waals surface area (Å²) < 4.78 is 0. The number of benzene rings is 3. The van der Waals surface area contributed by atoms with Gasteiger partial charge in [-0.2, -0.15) is 0 Å². The van der Waals surface area contributed by atoms with Crippen molar-refractivity contribution in [1.29, 1.82) is 0 Å². The SMILES string of the molecule is CCC(C)C(NC(=O)C(CCCN=C(N)N)NC(=O)C(Cc1ccc(O)cc1)NC(=O)C(Cc1ccccc1)NC(=O)C(CCCN=C(N)N)NC(=O)c1ccccc1)C(=O)NC(CCCCN)C(N)=O. The fourth-order valence-corrected chi connectivity index (χ4v) is 7.32. The summed E-state index contributed by atoms with van der Waals surface area (Å²) in [5.41, 5.74) is 34.8. The van der Waals surface area contributed by atoms with Crippen molar-refractivity contribution in [3.05, 3.63) is 102 Å². The number of rotatable bonds is 31. The zero-order valence-electron chi connectivity index (χ0n) is 40.5. The molecule has 22 heteroatoms. The summed E-state index contributed by atoms with van der Waals surface area (Å²) in [5.74, 6) is -5.84. The van der Waals surface area contributed by atoms with Gasteiger partial charge in [-0.05, 0) is 92.8 Å². The standard InChI is InChI=1S/C49H72N14O8/c1-3-30(2)40(47(71)58-35(41(51)65)18-10-11-25-50)63-44(68)37(20-13-27-57-49(54)55)60-45(69)39(29-32-21-23-34(64)24-22-32)62-46(70)38(28-31-14-6-4-7-15-31)61-43(67)36(19-12-26-56-48(52)53)59-42(66)33-16-8-5-9-17-33/h4-9,14-17,21-24,30,35-40,64H,3,10-13,18-20,25-29,50H2,1-2H3,(H2,51,65)(H,58,71)(H,59,66)(H,60,69)(H,61,67)(H,62,70)(H,63,68)(H4,52,53,56)(H4,54,55,57). The second-order valence-electron chi connectivity index (χ2n) is 17.2. The maximum Gasteiger partial charge on any atom is 0.251 e. The third-order valence-electron chi connectivity index (χ3n) is 11.5. The van der Waals surface area contributed by atoms with Crippen LogP contribution in [0.25, 0.3) is 0 Å². The van der Waals surface area contributed by atoms with E-state index in [-0.39, 0.29) is 75.7 Å². The first kappa shape index (κ1) is 57.6. The van der Waals surface area contributed by atoms with Crippen LogP contribution in [0.5, 0.6) is 5.75 Å². The van der Waals surface area contributed by atoms with Crippen molar-refractivity contribution in [3.8, 4) is 5.75 Å². The van der Waals surface area contributed by atoms with Crippen LogP contribution in [0.15, 0.2) is 94.9 Å². The Bertz CT molecular complexity index is 2240. The number of hydrogen-bond donors (Lipinski definition) is 13. The van der Waals surface area contributed by atoms with Gasteiger partial charge in [-0.1, -0.05) is 80.9 Å². The molecule has 0 aliphatic rings. The van der Waals surface area contributed by atoms with Gasteiger partial charge in [0.25, 0.3) is 5.91 Å². The van der Waals surface area contributed by atoms with Gasteiger partial charge in [0.2, 0.25) is 35.4 Å². The number of aliphatic imine (C=N–C) groups is 2. The first-order valence-corrected chi connectivity index (χ1v) is 23.7. The number of phenols is 1. The largest absolute Gasteiger partial charge is 0.508 e. The van der Waals surface area contributed by atoms with Crippen LogP contribution in [0.1, 0.15) is 86.7 Å². The highest BCUT2D eigenvalue weighted by molar-refractivity contribution is 5.99. The van der Waals surface area contributed by atoms with E-state index < -0.39 is 83.5 Å². The number of nitrogens with one attached hydrogen (secondary N) is 6. The highest BCUT2D eigenvalue weighted by atomic mass is 16.3. The number of hydrogen-bond acceptors (Lipinski definition) is 11. The van der Waals surface area contributed by atoms with Gasteiger partial charge < -0.3 is 71.4 Å². The molecule has 0 bridgehead atoms. The van der Waals surface area contributed by atoms with E-state index in [2.05, 4.69) is 41.9 Å². The highest BCUT2D eigenvalue weighted by Gasteiger charge is 2.35. The Kier molecular flexibility index (Phi) is 24.9. The summed E-state index contributed by atoms with van der Waals surface area (Å²) in [6, 6.07) is 15.6. The minimum atomic E-state index is -1.40. The topological polar surface area (TPSA) is 393 Å². The molecule has 22 nitrogen and oxygen atoms in total. The third kappa shape index (κ3) is 21.2. The fraction of sp³-hybridized carbons (Fsp3) is 0.449. The minimum absolute atomic E-state index is 0.0297. The second kappa shape index (κ2) is 30.7. The molecule has 0 heterocycles. The van der Waals surface area contributed by atoms with E-state index in [9.17, 15) is 38.7 Å². The van der Waals surface area contributed by atoms with Gasteiger partial charge in [0.1, 0.15) is 42.0 Å². The van der Waals surface area contributed by atoms with E-state index in [0.29, 0.717) is 42.5 Å². The lowest BCUT2D eigenvalue weighted by Crippen LogP contribution is -2.61. The van der Waals surface area contributed by atoms with Crippen molar-refractivity contribution in [2.75, 3.05) is 19.6 Å². The van der Waals surface area contributed by atoms with Crippen molar-refractivity contribution in [3.63, 3.8) is 0 Å². The van der Waals surface area contributed by atoms with Crippen molar-refractivity contribution in [2.24, 2.45) is 50.3 Å². The number of primary amides is 1. The van der Waals surface area contributed by atoms with Gasteiger partial charge in [-0.3, -0.25) is 43.5 Å².